The topological polar surface area (TPSA) is 70.4 Å². The molecule has 1 heterocycles. The van der Waals surface area contributed by atoms with Crippen LogP contribution in [0.1, 0.15) is 30.9 Å². The number of carboxylic acid groups (broad SMARTS) is 1. The Morgan fingerprint density at radius 1 is 1.42 bits per heavy atom. The third-order valence-electron chi connectivity index (χ3n) is 5.24. The highest BCUT2D eigenvalue weighted by Crippen LogP contribution is 2.28. The fraction of sp³-hybridized carbons (Fsp3) is 0.500. The van der Waals surface area contributed by atoms with Crippen LogP contribution < -0.4 is 5.32 Å². The van der Waals surface area contributed by atoms with Crippen molar-refractivity contribution >= 4 is 5.97 Å². The number of aromatic nitrogens is 2. The summed E-state index contributed by atoms with van der Waals surface area (Å²) in [6.07, 6.45) is 5.97. The van der Waals surface area contributed by atoms with E-state index in [4.69, 9.17) is 5.11 Å². The monoisotopic (exact) mass is 356 g/mol. The van der Waals surface area contributed by atoms with Gasteiger partial charge in [0.25, 0.3) is 0 Å². The molecule has 6 nitrogen and oxygen atoms in total. The average molecular weight is 356 g/mol. The van der Waals surface area contributed by atoms with Crippen molar-refractivity contribution in [3.8, 4) is 11.1 Å². The molecule has 1 aromatic heterocycles. The van der Waals surface area contributed by atoms with Crippen LogP contribution in [0.25, 0.3) is 11.1 Å². The molecule has 0 atom stereocenters. The molecule has 1 aliphatic rings. The van der Waals surface area contributed by atoms with Gasteiger partial charge in [-0.3, -0.25) is 14.4 Å². The highest BCUT2D eigenvalue weighted by atomic mass is 16.4. The van der Waals surface area contributed by atoms with Crippen LogP contribution in [0.5, 0.6) is 0 Å². The van der Waals surface area contributed by atoms with Crippen LogP contribution in [0.3, 0.4) is 0 Å². The lowest BCUT2D eigenvalue weighted by molar-refractivity contribution is -0.139. The van der Waals surface area contributed by atoms with Crippen LogP contribution in [0.4, 0.5) is 0 Å². The fourth-order valence-electron chi connectivity index (χ4n) is 3.65. The average Bonchev–Trinajstić information content (AvgIpc) is 2.99. The van der Waals surface area contributed by atoms with E-state index in [1.165, 1.54) is 16.7 Å². The van der Waals surface area contributed by atoms with Gasteiger partial charge in [-0.25, -0.2) is 0 Å². The summed E-state index contributed by atoms with van der Waals surface area (Å²) >= 11 is 0. The molecule has 0 radical (unpaired) electrons. The van der Waals surface area contributed by atoms with E-state index in [-0.39, 0.29) is 6.54 Å². The SMILES string of the molecule is CCN(CC(=O)O)C1CC(NCc2ccc(C)cc2-c2cnn(C)c2)C1. The summed E-state index contributed by atoms with van der Waals surface area (Å²) in [6.45, 7) is 5.86. The van der Waals surface area contributed by atoms with Gasteiger partial charge in [0.1, 0.15) is 0 Å². The van der Waals surface area contributed by atoms with Crippen molar-refractivity contribution in [3.05, 3.63) is 41.7 Å². The Kier molecular flexibility index (Phi) is 5.74. The summed E-state index contributed by atoms with van der Waals surface area (Å²) in [4.78, 5) is 13.0. The summed E-state index contributed by atoms with van der Waals surface area (Å²) in [6, 6.07) is 7.37. The first-order valence-corrected chi connectivity index (χ1v) is 9.24. The second kappa shape index (κ2) is 8.01. The van der Waals surface area contributed by atoms with E-state index >= 15 is 0 Å². The van der Waals surface area contributed by atoms with Crippen molar-refractivity contribution < 1.29 is 9.90 Å². The van der Waals surface area contributed by atoms with E-state index in [0.29, 0.717) is 12.1 Å². The fourth-order valence-corrected chi connectivity index (χ4v) is 3.65. The maximum Gasteiger partial charge on any atom is 0.317 e. The van der Waals surface area contributed by atoms with E-state index in [0.717, 1.165) is 31.5 Å². The quantitative estimate of drug-likeness (QED) is 0.760. The summed E-state index contributed by atoms with van der Waals surface area (Å²) in [7, 11) is 1.93. The highest BCUT2D eigenvalue weighted by Gasteiger charge is 2.33. The van der Waals surface area contributed by atoms with Gasteiger partial charge < -0.3 is 10.4 Å². The van der Waals surface area contributed by atoms with Gasteiger partial charge in [0.05, 0.1) is 12.7 Å². The number of carboxylic acids is 1. The van der Waals surface area contributed by atoms with E-state index in [9.17, 15) is 4.79 Å². The molecule has 6 heteroatoms. The zero-order valence-electron chi connectivity index (χ0n) is 15.8. The Morgan fingerprint density at radius 2 is 2.19 bits per heavy atom. The van der Waals surface area contributed by atoms with Crippen molar-refractivity contribution in [2.45, 2.75) is 45.3 Å². The van der Waals surface area contributed by atoms with E-state index < -0.39 is 5.97 Å². The number of benzene rings is 1. The minimum absolute atomic E-state index is 0.136. The largest absolute Gasteiger partial charge is 0.480 e. The number of hydrogen-bond acceptors (Lipinski definition) is 4. The highest BCUT2D eigenvalue weighted by molar-refractivity contribution is 5.69. The second-order valence-electron chi connectivity index (χ2n) is 7.22. The zero-order chi connectivity index (χ0) is 18.7. The van der Waals surface area contributed by atoms with Gasteiger partial charge >= 0.3 is 5.97 Å². The minimum atomic E-state index is -0.746. The molecule has 0 spiro atoms. The molecule has 0 aliphatic heterocycles. The van der Waals surface area contributed by atoms with Gasteiger partial charge in [-0.15, -0.1) is 0 Å². The van der Waals surface area contributed by atoms with Gasteiger partial charge in [-0.05, 0) is 37.4 Å². The van der Waals surface area contributed by atoms with Crippen LogP contribution in [-0.4, -0.2) is 50.9 Å². The number of aryl methyl sites for hydroxylation is 2. The van der Waals surface area contributed by atoms with Crippen LogP contribution in [0, 0.1) is 6.92 Å². The lowest BCUT2D eigenvalue weighted by Gasteiger charge is -2.42. The lowest BCUT2D eigenvalue weighted by atomic mass is 9.85. The Balaban J connectivity index is 1.59. The standard InChI is InChI=1S/C20H28N4O2/c1-4-24(13-20(25)26)18-8-17(9-18)21-10-15-6-5-14(2)7-19(15)16-11-22-23(3)12-16/h5-7,11-12,17-18,21H,4,8-10,13H2,1-3H3,(H,25,26). The molecule has 1 saturated carbocycles. The molecule has 0 amide bonds. The Labute approximate surface area is 154 Å². The van der Waals surface area contributed by atoms with E-state index in [2.05, 4.69) is 35.5 Å². The molecule has 140 valence electrons. The molecule has 26 heavy (non-hydrogen) atoms. The Bertz CT molecular complexity index is 765. The number of rotatable bonds is 8. The van der Waals surface area contributed by atoms with Crippen LogP contribution >= 0.6 is 0 Å². The molecule has 2 N–H and O–H groups in total. The Hall–Kier alpha value is -2.18. The smallest absolute Gasteiger partial charge is 0.317 e. The van der Waals surface area contributed by atoms with Crippen molar-refractivity contribution in [1.29, 1.82) is 0 Å². The predicted molar refractivity (Wildman–Crippen MR) is 102 cm³/mol. The molecular weight excluding hydrogens is 328 g/mol. The first kappa shape index (κ1) is 18.6. The number of carbonyl (C=O) groups is 1. The predicted octanol–water partition coefficient (Wildman–Crippen LogP) is 2.42. The molecule has 3 rings (SSSR count). The van der Waals surface area contributed by atoms with Crippen molar-refractivity contribution in [2.24, 2.45) is 7.05 Å². The first-order valence-electron chi connectivity index (χ1n) is 9.24. The third-order valence-corrected chi connectivity index (χ3v) is 5.24. The molecule has 0 unspecified atom stereocenters. The van der Waals surface area contributed by atoms with Crippen molar-refractivity contribution in [2.75, 3.05) is 13.1 Å². The first-order chi connectivity index (χ1) is 12.5. The number of likely N-dealkylation sites (N-methyl/N-ethyl adjacent to an activating group) is 1. The van der Waals surface area contributed by atoms with Gasteiger partial charge in [0.2, 0.25) is 0 Å². The summed E-state index contributed by atoms with van der Waals surface area (Å²) in [5.41, 5.74) is 4.87. The Morgan fingerprint density at radius 3 is 2.81 bits per heavy atom. The molecular formula is C20H28N4O2. The third kappa shape index (κ3) is 4.31. The normalized spacial score (nSPS) is 19.5. The van der Waals surface area contributed by atoms with Crippen molar-refractivity contribution in [3.63, 3.8) is 0 Å². The van der Waals surface area contributed by atoms with Gasteiger partial charge in [-0.1, -0.05) is 30.7 Å². The maximum atomic E-state index is 10.9. The molecule has 2 aromatic rings. The number of nitrogens with zero attached hydrogens (tertiary/aromatic N) is 3. The summed E-state index contributed by atoms with van der Waals surface area (Å²) in [5, 5.41) is 16.9. The molecule has 1 aliphatic carbocycles. The second-order valence-corrected chi connectivity index (χ2v) is 7.22. The maximum absolute atomic E-state index is 10.9. The summed E-state index contributed by atoms with van der Waals surface area (Å²) < 4.78 is 1.83. The van der Waals surface area contributed by atoms with Crippen molar-refractivity contribution in [1.82, 2.24) is 20.0 Å². The van der Waals surface area contributed by atoms with Gasteiger partial charge in [-0.2, -0.15) is 5.10 Å². The number of aliphatic carboxylic acids is 1. The van der Waals surface area contributed by atoms with Gasteiger partial charge in [0.15, 0.2) is 0 Å². The van der Waals surface area contributed by atoms with E-state index in [1.807, 2.05) is 35.9 Å². The zero-order valence-corrected chi connectivity index (χ0v) is 15.8. The number of hydrogen-bond donors (Lipinski definition) is 2. The van der Waals surface area contributed by atoms with Crippen LogP contribution in [-0.2, 0) is 18.4 Å². The molecule has 1 aromatic carbocycles. The molecule has 1 fully saturated rings. The summed E-state index contributed by atoms with van der Waals surface area (Å²) in [5.74, 6) is -0.746. The van der Waals surface area contributed by atoms with Gasteiger partial charge in [0, 0.05) is 37.4 Å². The van der Waals surface area contributed by atoms with Crippen LogP contribution in [0.2, 0.25) is 0 Å². The molecule has 0 bridgehead atoms. The molecule has 0 saturated heterocycles. The minimum Gasteiger partial charge on any atom is -0.480 e. The van der Waals surface area contributed by atoms with Crippen LogP contribution in [0.15, 0.2) is 30.6 Å². The number of nitrogens with one attached hydrogen (secondary N) is 1. The van der Waals surface area contributed by atoms with E-state index in [1.54, 1.807) is 0 Å². The lowest BCUT2D eigenvalue weighted by Crippen LogP contribution is -2.53.